The van der Waals surface area contributed by atoms with Gasteiger partial charge in [0.2, 0.25) is 5.75 Å². The normalized spacial score (nSPS) is 10.9. The summed E-state index contributed by atoms with van der Waals surface area (Å²) in [6.07, 6.45) is 3.75. The zero-order valence-corrected chi connectivity index (χ0v) is 20.3. The Bertz CT molecular complexity index is 915. The van der Waals surface area contributed by atoms with Gasteiger partial charge in [-0.3, -0.25) is 0 Å². The highest BCUT2D eigenvalue weighted by molar-refractivity contribution is 5.77. The lowest BCUT2D eigenvalue weighted by atomic mass is 10.1. The first-order valence-corrected chi connectivity index (χ1v) is 10.6. The molecule has 0 atom stereocenters. The van der Waals surface area contributed by atoms with Crippen LogP contribution in [0.15, 0.2) is 30.3 Å². The van der Waals surface area contributed by atoms with Crippen LogP contribution in [0.2, 0.25) is 0 Å². The lowest BCUT2D eigenvalue weighted by Crippen LogP contribution is -2.18. The molecule has 0 aromatic heterocycles. The summed E-state index contributed by atoms with van der Waals surface area (Å²) >= 11 is 0. The third kappa shape index (κ3) is 8.26. The predicted molar refractivity (Wildman–Crippen MR) is 127 cm³/mol. The Balaban J connectivity index is 2.04. The molecule has 0 bridgehead atoms. The Morgan fingerprint density at radius 2 is 1.26 bits per heavy atom. The molecule has 34 heavy (non-hydrogen) atoms. The zero-order chi connectivity index (χ0) is 24.8. The fourth-order valence-electron chi connectivity index (χ4n) is 2.94. The van der Waals surface area contributed by atoms with Crippen molar-refractivity contribution in [1.29, 1.82) is 0 Å². The molecule has 0 N–H and O–H groups in total. The molecule has 9 nitrogen and oxygen atoms in total. The van der Waals surface area contributed by atoms with Gasteiger partial charge in [-0.1, -0.05) is 18.2 Å². The van der Waals surface area contributed by atoms with Crippen LogP contribution in [0.1, 0.15) is 11.1 Å². The smallest absolute Gasteiger partial charge is 0.337 e. The van der Waals surface area contributed by atoms with E-state index in [1.165, 1.54) is 7.11 Å². The van der Waals surface area contributed by atoms with Crippen molar-refractivity contribution in [3.8, 4) is 28.7 Å². The van der Waals surface area contributed by atoms with E-state index in [9.17, 15) is 4.79 Å². The monoisotopic (exact) mass is 476 g/mol. The lowest BCUT2D eigenvalue weighted by Gasteiger charge is -2.13. The Kier molecular flexibility index (Phi) is 11.7. The van der Waals surface area contributed by atoms with E-state index in [-0.39, 0.29) is 13.2 Å². The van der Waals surface area contributed by atoms with Crippen molar-refractivity contribution in [2.45, 2.75) is 0 Å². The van der Waals surface area contributed by atoms with Crippen molar-refractivity contribution < 1.29 is 42.7 Å². The molecule has 0 spiro atoms. The minimum absolute atomic E-state index is 0.206. The van der Waals surface area contributed by atoms with E-state index in [1.807, 2.05) is 30.4 Å². The van der Waals surface area contributed by atoms with Gasteiger partial charge < -0.3 is 37.9 Å². The van der Waals surface area contributed by atoms with Crippen LogP contribution in [-0.2, 0) is 19.0 Å². The largest absolute Gasteiger partial charge is 0.493 e. The molecule has 0 heterocycles. The molecule has 0 radical (unpaired) electrons. The van der Waals surface area contributed by atoms with Crippen molar-refractivity contribution >= 4 is 18.1 Å². The van der Waals surface area contributed by atoms with Gasteiger partial charge in [-0.05, 0) is 35.4 Å². The number of rotatable bonds is 15. The molecule has 186 valence electrons. The van der Waals surface area contributed by atoms with Crippen LogP contribution in [0.5, 0.6) is 28.7 Å². The fraction of sp³-hybridized carbons (Fsp3) is 0.400. The third-order valence-corrected chi connectivity index (χ3v) is 4.59. The first-order valence-electron chi connectivity index (χ1n) is 10.6. The van der Waals surface area contributed by atoms with Gasteiger partial charge in [0, 0.05) is 7.11 Å². The van der Waals surface area contributed by atoms with Crippen LogP contribution in [0.4, 0.5) is 0 Å². The van der Waals surface area contributed by atoms with Gasteiger partial charge in [0.25, 0.3) is 0 Å². The summed E-state index contributed by atoms with van der Waals surface area (Å²) in [5, 5.41) is 0. The summed E-state index contributed by atoms with van der Waals surface area (Å²) in [6.45, 7) is 1.40. The highest BCUT2D eigenvalue weighted by Gasteiger charge is 2.13. The highest BCUT2D eigenvalue weighted by Crippen LogP contribution is 2.38. The molecule has 2 rings (SSSR count). The van der Waals surface area contributed by atoms with E-state index in [1.54, 1.807) is 40.6 Å². The maximum Gasteiger partial charge on any atom is 0.337 e. The molecular weight excluding hydrogens is 444 g/mol. The number of hydrogen-bond donors (Lipinski definition) is 0. The standard InChI is InChI=1S/C25H32O9/c1-27-10-11-32-12-13-33-17-24(26)34-21-14-18(8-9-20(21)28-2)6-7-19-15-22(29-3)25(31-5)23(16-19)30-4/h6-9,14-16H,10-13,17H2,1-5H3/b7-6-. The average Bonchev–Trinajstić information content (AvgIpc) is 2.86. The summed E-state index contributed by atoms with van der Waals surface area (Å²) in [5.74, 6) is 1.80. The number of methoxy groups -OCH3 is 5. The number of carbonyl (C=O) groups excluding carboxylic acids is 1. The van der Waals surface area contributed by atoms with Gasteiger partial charge in [-0.15, -0.1) is 0 Å². The highest BCUT2D eigenvalue weighted by atomic mass is 16.6. The van der Waals surface area contributed by atoms with E-state index < -0.39 is 5.97 Å². The quantitative estimate of drug-likeness (QED) is 0.166. The molecule has 9 heteroatoms. The Morgan fingerprint density at radius 1 is 0.676 bits per heavy atom. The maximum atomic E-state index is 12.2. The Morgan fingerprint density at radius 3 is 1.88 bits per heavy atom. The average molecular weight is 477 g/mol. The molecular formula is C25H32O9. The van der Waals surface area contributed by atoms with E-state index in [2.05, 4.69) is 0 Å². The van der Waals surface area contributed by atoms with Crippen molar-refractivity contribution in [1.82, 2.24) is 0 Å². The first-order chi connectivity index (χ1) is 16.6. The van der Waals surface area contributed by atoms with Crippen molar-refractivity contribution in [3.63, 3.8) is 0 Å². The van der Waals surface area contributed by atoms with Gasteiger partial charge in [-0.25, -0.2) is 4.79 Å². The zero-order valence-electron chi connectivity index (χ0n) is 20.3. The molecule has 0 aliphatic carbocycles. The fourth-order valence-corrected chi connectivity index (χ4v) is 2.94. The molecule has 2 aromatic rings. The van der Waals surface area contributed by atoms with Crippen molar-refractivity contribution in [3.05, 3.63) is 41.5 Å². The molecule has 2 aromatic carbocycles. The molecule has 0 aliphatic heterocycles. The van der Waals surface area contributed by atoms with Gasteiger partial charge in [-0.2, -0.15) is 0 Å². The molecule has 0 saturated carbocycles. The van der Waals surface area contributed by atoms with Crippen LogP contribution in [0.25, 0.3) is 12.2 Å². The molecule has 0 amide bonds. The van der Waals surface area contributed by atoms with Gasteiger partial charge in [0.1, 0.15) is 6.61 Å². The van der Waals surface area contributed by atoms with Crippen molar-refractivity contribution in [2.75, 3.05) is 68.6 Å². The summed E-state index contributed by atoms with van der Waals surface area (Å²) < 4.78 is 42.3. The second-order valence-corrected chi connectivity index (χ2v) is 6.83. The van der Waals surface area contributed by atoms with E-state index >= 15 is 0 Å². The second kappa shape index (κ2) is 14.8. The van der Waals surface area contributed by atoms with Gasteiger partial charge in [0.15, 0.2) is 23.0 Å². The number of carbonyl (C=O) groups is 1. The van der Waals surface area contributed by atoms with Crippen LogP contribution < -0.4 is 23.7 Å². The van der Waals surface area contributed by atoms with E-state index in [4.69, 9.17) is 37.9 Å². The lowest BCUT2D eigenvalue weighted by molar-refractivity contribution is -0.140. The topological polar surface area (TPSA) is 90.9 Å². The van der Waals surface area contributed by atoms with Crippen LogP contribution in [-0.4, -0.2) is 74.6 Å². The van der Waals surface area contributed by atoms with Crippen LogP contribution in [0.3, 0.4) is 0 Å². The number of esters is 1. The number of ether oxygens (including phenoxy) is 8. The van der Waals surface area contributed by atoms with E-state index in [0.29, 0.717) is 48.6 Å². The first kappa shape index (κ1) is 27.0. The third-order valence-electron chi connectivity index (χ3n) is 4.59. The Hall–Kier alpha value is -3.27. The van der Waals surface area contributed by atoms with Gasteiger partial charge in [0.05, 0.1) is 54.9 Å². The van der Waals surface area contributed by atoms with Crippen LogP contribution in [0, 0.1) is 0 Å². The second-order valence-electron chi connectivity index (χ2n) is 6.83. The molecule has 0 fully saturated rings. The molecule has 0 aliphatic rings. The Labute approximate surface area is 200 Å². The van der Waals surface area contributed by atoms with Gasteiger partial charge >= 0.3 is 5.97 Å². The van der Waals surface area contributed by atoms with E-state index in [0.717, 1.165) is 11.1 Å². The summed E-state index contributed by atoms with van der Waals surface area (Å²) in [4.78, 5) is 12.2. The maximum absolute atomic E-state index is 12.2. The minimum atomic E-state index is -0.541. The summed E-state index contributed by atoms with van der Waals surface area (Å²) in [7, 11) is 7.78. The summed E-state index contributed by atoms with van der Waals surface area (Å²) in [5.41, 5.74) is 1.63. The summed E-state index contributed by atoms with van der Waals surface area (Å²) in [6, 6.07) is 8.94. The molecule has 0 saturated heterocycles. The van der Waals surface area contributed by atoms with Crippen molar-refractivity contribution in [2.24, 2.45) is 0 Å². The SMILES string of the molecule is COCCOCCOCC(=O)Oc1cc(/C=C\c2cc(OC)c(OC)c(OC)c2)ccc1OC. The van der Waals surface area contributed by atoms with Crippen LogP contribution >= 0.6 is 0 Å². The minimum Gasteiger partial charge on any atom is -0.493 e. The number of hydrogen-bond acceptors (Lipinski definition) is 9. The number of benzene rings is 2. The predicted octanol–water partition coefficient (Wildman–Crippen LogP) is 3.48. The molecule has 0 unspecified atom stereocenters.